The summed E-state index contributed by atoms with van der Waals surface area (Å²) in [6.07, 6.45) is -5.18. The fraction of sp³-hybridized carbons (Fsp3) is 0.667. The van der Waals surface area contributed by atoms with Crippen LogP contribution < -0.4 is 11.3 Å². The van der Waals surface area contributed by atoms with Crippen LogP contribution in [0.1, 0.15) is 12.1 Å². The van der Waals surface area contributed by atoms with Crippen molar-refractivity contribution in [2.45, 2.75) is 19.2 Å². The number of aromatic nitrogens is 2. The predicted molar refractivity (Wildman–Crippen MR) is 48.0 cm³/mol. The van der Waals surface area contributed by atoms with Gasteiger partial charge in [0.1, 0.15) is 10.7 Å². The summed E-state index contributed by atoms with van der Waals surface area (Å²) in [5, 5.41) is 4.13. The van der Waals surface area contributed by atoms with Crippen LogP contribution in [0.2, 0.25) is 0 Å². The van der Waals surface area contributed by atoms with Gasteiger partial charge in [-0.25, -0.2) is 5.84 Å². The number of hydrogen-bond acceptors (Lipinski definition) is 6. The number of nitrogens with zero attached hydrogens (tertiary/aromatic N) is 2. The van der Waals surface area contributed by atoms with E-state index >= 15 is 0 Å². The van der Waals surface area contributed by atoms with Gasteiger partial charge in [-0.1, -0.05) is 4.49 Å². The number of alkyl halides is 3. The van der Waals surface area contributed by atoms with Crippen molar-refractivity contribution in [2.24, 2.45) is 5.84 Å². The summed E-state index contributed by atoms with van der Waals surface area (Å²) in [6, 6.07) is 0. The van der Waals surface area contributed by atoms with Crippen molar-refractivity contribution in [3.05, 3.63) is 5.69 Å². The molecule has 0 fully saturated rings. The maximum absolute atomic E-state index is 11.7. The van der Waals surface area contributed by atoms with Crippen molar-refractivity contribution in [3.8, 4) is 0 Å². The zero-order chi connectivity index (χ0) is 11.3. The molecule has 0 unspecified atom stereocenters. The van der Waals surface area contributed by atoms with E-state index in [0.717, 1.165) is 11.5 Å². The quantitative estimate of drug-likeness (QED) is 0.462. The Labute approximate surface area is 87.6 Å². The Morgan fingerprint density at radius 2 is 2.20 bits per heavy atom. The zero-order valence-corrected chi connectivity index (χ0v) is 8.36. The number of nitrogens with two attached hydrogens (primary N) is 1. The molecular formula is C6H9F3N4OS. The molecule has 0 aliphatic rings. The lowest BCUT2D eigenvalue weighted by Crippen LogP contribution is -2.12. The summed E-state index contributed by atoms with van der Waals surface area (Å²) in [7, 11) is 0. The molecule has 15 heavy (non-hydrogen) atoms. The van der Waals surface area contributed by atoms with Gasteiger partial charge in [-0.15, -0.1) is 5.10 Å². The van der Waals surface area contributed by atoms with Crippen LogP contribution in [-0.4, -0.2) is 22.4 Å². The Hall–Kier alpha value is -0.930. The van der Waals surface area contributed by atoms with Crippen LogP contribution in [0.4, 0.5) is 18.2 Å². The predicted octanol–water partition coefficient (Wildman–Crippen LogP) is 1.29. The molecule has 0 aromatic carbocycles. The highest BCUT2D eigenvalue weighted by Crippen LogP contribution is 2.20. The van der Waals surface area contributed by atoms with Crippen LogP contribution in [0, 0.1) is 0 Å². The van der Waals surface area contributed by atoms with Gasteiger partial charge in [0.25, 0.3) is 0 Å². The first-order valence-corrected chi connectivity index (χ1v) is 4.72. The van der Waals surface area contributed by atoms with Gasteiger partial charge in [-0.05, 0) is 0 Å². The molecule has 0 aliphatic carbocycles. The Kier molecular flexibility index (Phi) is 4.24. The number of rotatable bonds is 5. The molecular weight excluding hydrogens is 233 g/mol. The summed E-state index contributed by atoms with van der Waals surface area (Å²) in [6.45, 7) is -0.433. The third kappa shape index (κ3) is 4.40. The Balaban J connectivity index is 2.26. The molecule has 1 heterocycles. The maximum Gasteiger partial charge on any atom is 0.391 e. The molecule has 86 valence electrons. The van der Waals surface area contributed by atoms with E-state index in [1.807, 2.05) is 0 Å². The minimum absolute atomic E-state index is 0.0356. The second kappa shape index (κ2) is 5.24. The van der Waals surface area contributed by atoms with Crippen LogP contribution in [0.5, 0.6) is 0 Å². The van der Waals surface area contributed by atoms with Crippen molar-refractivity contribution >= 4 is 16.5 Å². The summed E-state index contributed by atoms with van der Waals surface area (Å²) < 4.78 is 43.5. The molecule has 0 saturated heterocycles. The van der Waals surface area contributed by atoms with Crippen molar-refractivity contribution in [3.63, 3.8) is 0 Å². The molecule has 0 bridgehead atoms. The van der Waals surface area contributed by atoms with Crippen molar-refractivity contribution in [2.75, 3.05) is 12.0 Å². The van der Waals surface area contributed by atoms with Gasteiger partial charge in [0.05, 0.1) is 19.6 Å². The lowest BCUT2D eigenvalue weighted by atomic mass is 10.4. The van der Waals surface area contributed by atoms with Gasteiger partial charge in [-0.2, -0.15) is 13.2 Å². The molecule has 1 aromatic rings. The van der Waals surface area contributed by atoms with Crippen LogP contribution in [0.15, 0.2) is 0 Å². The summed E-state index contributed by atoms with van der Waals surface area (Å²) in [4.78, 5) is 0. The van der Waals surface area contributed by atoms with Gasteiger partial charge in [0, 0.05) is 11.5 Å². The van der Waals surface area contributed by atoms with Gasteiger partial charge >= 0.3 is 6.18 Å². The topological polar surface area (TPSA) is 73.1 Å². The van der Waals surface area contributed by atoms with Crippen molar-refractivity contribution in [1.29, 1.82) is 0 Å². The first kappa shape index (κ1) is 12.1. The third-order valence-corrected chi connectivity index (χ3v) is 2.15. The average Bonchev–Trinajstić information content (AvgIpc) is 2.58. The van der Waals surface area contributed by atoms with Crippen molar-refractivity contribution in [1.82, 2.24) is 9.59 Å². The number of halogens is 3. The number of anilines is 1. The van der Waals surface area contributed by atoms with Gasteiger partial charge in [0.15, 0.2) is 0 Å². The second-order valence-electron chi connectivity index (χ2n) is 2.61. The van der Waals surface area contributed by atoms with E-state index in [9.17, 15) is 13.2 Å². The van der Waals surface area contributed by atoms with E-state index in [1.54, 1.807) is 0 Å². The summed E-state index contributed by atoms with van der Waals surface area (Å²) in [5.74, 6) is 5.11. The molecule has 0 radical (unpaired) electrons. The number of nitrogens with one attached hydrogen (secondary N) is 1. The van der Waals surface area contributed by atoms with E-state index in [2.05, 4.69) is 15.0 Å². The monoisotopic (exact) mass is 242 g/mol. The third-order valence-electron chi connectivity index (χ3n) is 1.46. The van der Waals surface area contributed by atoms with E-state index in [4.69, 9.17) is 10.6 Å². The van der Waals surface area contributed by atoms with E-state index in [0.29, 0.717) is 10.7 Å². The van der Waals surface area contributed by atoms with E-state index in [-0.39, 0.29) is 6.61 Å². The lowest BCUT2D eigenvalue weighted by Gasteiger charge is -2.06. The molecule has 3 N–H and O–H groups in total. The summed E-state index contributed by atoms with van der Waals surface area (Å²) >= 11 is 1.01. The smallest absolute Gasteiger partial charge is 0.375 e. The fourth-order valence-corrected chi connectivity index (χ4v) is 1.25. The number of hydrogen-bond donors (Lipinski definition) is 2. The molecule has 9 heteroatoms. The fourth-order valence-electron chi connectivity index (χ4n) is 0.769. The van der Waals surface area contributed by atoms with Crippen LogP contribution in [-0.2, 0) is 11.3 Å². The SMILES string of the molecule is NNc1snnc1COCCC(F)(F)F. The molecule has 0 spiro atoms. The van der Waals surface area contributed by atoms with Crippen LogP contribution in [0.3, 0.4) is 0 Å². The molecule has 1 aromatic heterocycles. The van der Waals surface area contributed by atoms with Gasteiger partial charge in [-0.3, -0.25) is 0 Å². The normalized spacial score (nSPS) is 11.7. The molecule has 1 rings (SSSR count). The van der Waals surface area contributed by atoms with Gasteiger partial charge in [0.2, 0.25) is 0 Å². The first-order chi connectivity index (χ1) is 7.03. The molecule has 0 saturated carbocycles. The number of ether oxygens (including phenoxy) is 1. The molecule has 0 aliphatic heterocycles. The van der Waals surface area contributed by atoms with Crippen molar-refractivity contribution < 1.29 is 17.9 Å². The second-order valence-corrected chi connectivity index (χ2v) is 3.36. The summed E-state index contributed by atoms with van der Waals surface area (Å²) in [5.41, 5.74) is 2.73. The average molecular weight is 242 g/mol. The minimum atomic E-state index is -4.20. The lowest BCUT2D eigenvalue weighted by molar-refractivity contribution is -0.146. The Morgan fingerprint density at radius 1 is 1.47 bits per heavy atom. The standard InChI is InChI=1S/C6H9F3N4OS/c7-6(8,9)1-2-14-3-4-5(11-10)15-13-12-4/h11H,1-3,10H2. The first-order valence-electron chi connectivity index (χ1n) is 3.95. The number of hydrazine groups is 1. The van der Waals surface area contributed by atoms with E-state index in [1.165, 1.54) is 0 Å². The van der Waals surface area contributed by atoms with Crippen LogP contribution in [0.25, 0.3) is 0 Å². The Morgan fingerprint density at radius 3 is 2.80 bits per heavy atom. The highest BCUT2D eigenvalue weighted by Gasteiger charge is 2.26. The molecule has 5 nitrogen and oxygen atoms in total. The van der Waals surface area contributed by atoms with Crippen LogP contribution >= 0.6 is 11.5 Å². The highest BCUT2D eigenvalue weighted by atomic mass is 32.1. The van der Waals surface area contributed by atoms with Gasteiger partial charge < -0.3 is 10.2 Å². The zero-order valence-electron chi connectivity index (χ0n) is 7.54. The molecule has 0 atom stereocenters. The highest BCUT2D eigenvalue weighted by molar-refractivity contribution is 7.10. The van der Waals surface area contributed by atoms with E-state index < -0.39 is 19.2 Å². The largest absolute Gasteiger partial charge is 0.391 e. The number of nitrogen functional groups attached to an aromatic ring is 1. The maximum atomic E-state index is 11.7. The minimum Gasteiger partial charge on any atom is -0.375 e. The molecule has 0 amide bonds. The Bertz CT molecular complexity index is 303.